The van der Waals surface area contributed by atoms with E-state index in [4.69, 9.17) is 10.7 Å². The van der Waals surface area contributed by atoms with E-state index in [0.717, 1.165) is 48.3 Å². The molecule has 0 aromatic carbocycles. The highest BCUT2D eigenvalue weighted by Crippen LogP contribution is 2.24. The van der Waals surface area contributed by atoms with Crippen LogP contribution in [-0.4, -0.2) is 31.4 Å². The first kappa shape index (κ1) is 15.1. The van der Waals surface area contributed by atoms with E-state index in [2.05, 4.69) is 19.7 Å². The Labute approximate surface area is 141 Å². The van der Waals surface area contributed by atoms with Gasteiger partial charge < -0.3 is 11.1 Å². The van der Waals surface area contributed by atoms with Crippen molar-refractivity contribution in [2.45, 2.75) is 44.7 Å². The SMILES string of the molecule is Cc1cnc(NC2CCC(N)CC2)nc1-c1cnc2ccccn12. The molecule has 0 atom stereocenters. The molecular formula is C18H22N6. The molecule has 124 valence electrons. The molecule has 0 saturated heterocycles. The molecule has 3 aromatic heterocycles. The average molecular weight is 322 g/mol. The molecule has 0 bridgehead atoms. The summed E-state index contributed by atoms with van der Waals surface area (Å²) in [6, 6.07) is 6.72. The Kier molecular flexibility index (Phi) is 3.90. The van der Waals surface area contributed by atoms with Gasteiger partial charge in [-0.1, -0.05) is 6.07 Å². The largest absolute Gasteiger partial charge is 0.351 e. The predicted octanol–water partition coefficient (Wildman–Crippen LogP) is 2.78. The molecule has 1 aliphatic rings. The highest BCUT2D eigenvalue weighted by atomic mass is 15.1. The van der Waals surface area contributed by atoms with Gasteiger partial charge in [-0.25, -0.2) is 15.0 Å². The van der Waals surface area contributed by atoms with Gasteiger partial charge in [-0.15, -0.1) is 0 Å². The summed E-state index contributed by atoms with van der Waals surface area (Å²) in [6.07, 6.45) is 10.0. The lowest BCUT2D eigenvalue weighted by atomic mass is 9.92. The second-order valence-corrected chi connectivity index (χ2v) is 6.55. The first-order chi connectivity index (χ1) is 11.7. The van der Waals surface area contributed by atoms with E-state index in [-0.39, 0.29) is 0 Å². The van der Waals surface area contributed by atoms with E-state index in [9.17, 15) is 0 Å². The van der Waals surface area contributed by atoms with Crippen molar-refractivity contribution in [1.82, 2.24) is 19.4 Å². The molecule has 1 aliphatic carbocycles. The molecule has 6 nitrogen and oxygen atoms in total. The highest BCUT2D eigenvalue weighted by molar-refractivity contribution is 5.63. The van der Waals surface area contributed by atoms with Crippen molar-refractivity contribution in [2.24, 2.45) is 5.73 Å². The van der Waals surface area contributed by atoms with Crippen LogP contribution in [0.3, 0.4) is 0 Å². The monoisotopic (exact) mass is 322 g/mol. The van der Waals surface area contributed by atoms with Crippen LogP contribution < -0.4 is 11.1 Å². The Bertz CT molecular complexity index is 848. The lowest BCUT2D eigenvalue weighted by molar-refractivity contribution is 0.410. The molecule has 3 aromatic rings. The first-order valence-electron chi connectivity index (χ1n) is 8.49. The normalized spacial score (nSPS) is 21.1. The van der Waals surface area contributed by atoms with Crippen molar-refractivity contribution in [3.05, 3.63) is 42.4 Å². The Morgan fingerprint density at radius 3 is 2.79 bits per heavy atom. The minimum Gasteiger partial charge on any atom is -0.351 e. The molecule has 6 heteroatoms. The van der Waals surface area contributed by atoms with E-state index in [1.165, 1.54) is 0 Å². The van der Waals surface area contributed by atoms with Crippen molar-refractivity contribution in [3.8, 4) is 11.4 Å². The summed E-state index contributed by atoms with van der Waals surface area (Å²) < 4.78 is 2.05. The standard InChI is InChI=1S/C18H22N6/c1-12-10-21-18(22-14-7-5-13(19)6-8-14)23-17(12)15-11-20-16-4-2-3-9-24(15)16/h2-4,9-11,13-14H,5-8,19H2,1H3,(H,21,22,23). The zero-order valence-corrected chi connectivity index (χ0v) is 13.8. The van der Waals surface area contributed by atoms with Crippen LogP contribution in [0.1, 0.15) is 31.2 Å². The fraction of sp³-hybridized carbons (Fsp3) is 0.389. The van der Waals surface area contributed by atoms with E-state index in [1.807, 2.05) is 43.7 Å². The number of nitrogens with two attached hydrogens (primary N) is 1. The number of hydrogen-bond donors (Lipinski definition) is 2. The Morgan fingerprint density at radius 1 is 1.12 bits per heavy atom. The smallest absolute Gasteiger partial charge is 0.223 e. The van der Waals surface area contributed by atoms with Crippen LogP contribution in [0.2, 0.25) is 0 Å². The average Bonchev–Trinajstić information content (AvgIpc) is 3.03. The number of pyridine rings is 1. The van der Waals surface area contributed by atoms with Crippen molar-refractivity contribution < 1.29 is 0 Å². The van der Waals surface area contributed by atoms with Crippen LogP contribution in [0.4, 0.5) is 5.95 Å². The van der Waals surface area contributed by atoms with Crippen molar-refractivity contribution in [3.63, 3.8) is 0 Å². The van der Waals surface area contributed by atoms with Crippen LogP contribution in [-0.2, 0) is 0 Å². The number of hydrogen-bond acceptors (Lipinski definition) is 5. The molecule has 1 fully saturated rings. The maximum absolute atomic E-state index is 5.98. The van der Waals surface area contributed by atoms with Gasteiger partial charge >= 0.3 is 0 Å². The van der Waals surface area contributed by atoms with Gasteiger partial charge in [0.25, 0.3) is 0 Å². The summed E-state index contributed by atoms with van der Waals surface area (Å²) in [7, 11) is 0. The van der Waals surface area contributed by atoms with Crippen LogP contribution in [0.5, 0.6) is 0 Å². The van der Waals surface area contributed by atoms with Crippen LogP contribution in [0.25, 0.3) is 17.0 Å². The van der Waals surface area contributed by atoms with E-state index in [0.29, 0.717) is 18.0 Å². The Balaban J connectivity index is 1.64. The lowest BCUT2D eigenvalue weighted by Gasteiger charge is -2.26. The van der Waals surface area contributed by atoms with Crippen molar-refractivity contribution in [1.29, 1.82) is 0 Å². The van der Waals surface area contributed by atoms with Gasteiger partial charge in [-0.05, 0) is 50.3 Å². The molecule has 3 heterocycles. The Morgan fingerprint density at radius 2 is 1.96 bits per heavy atom. The fourth-order valence-electron chi connectivity index (χ4n) is 3.32. The molecule has 0 aliphatic heterocycles. The lowest BCUT2D eigenvalue weighted by Crippen LogP contribution is -2.33. The third-order valence-electron chi connectivity index (χ3n) is 4.74. The summed E-state index contributed by atoms with van der Waals surface area (Å²) in [4.78, 5) is 13.7. The second kappa shape index (κ2) is 6.20. The zero-order chi connectivity index (χ0) is 16.5. The van der Waals surface area contributed by atoms with Gasteiger partial charge in [0.1, 0.15) is 5.65 Å². The molecule has 0 unspecified atom stereocenters. The number of fused-ring (bicyclic) bond motifs is 1. The molecule has 1 saturated carbocycles. The summed E-state index contributed by atoms with van der Waals surface area (Å²) >= 11 is 0. The molecule has 3 N–H and O–H groups in total. The quantitative estimate of drug-likeness (QED) is 0.775. The van der Waals surface area contributed by atoms with Crippen LogP contribution in [0.15, 0.2) is 36.8 Å². The van der Waals surface area contributed by atoms with Gasteiger partial charge in [-0.3, -0.25) is 4.40 Å². The number of anilines is 1. The number of aryl methyl sites for hydroxylation is 1. The summed E-state index contributed by atoms with van der Waals surface area (Å²) in [5, 5.41) is 3.47. The summed E-state index contributed by atoms with van der Waals surface area (Å²) in [6.45, 7) is 2.03. The zero-order valence-electron chi connectivity index (χ0n) is 13.8. The molecule has 0 radical (unpaired) electrons. The summed E-state index contributed by atoms with van der Waals surface area (Å²) in [5.41, 5.74) is 9.84. The second-order valence-electron chi connectivity index (χ2n) is 6.55. The predicted molar refractivity (Wildman–Crippen MR) is 94.8 cm³/mol. The first-order valence-corrected chi connectivity index (χ1v) is 8.49. The summed E-state index contributed by atoms with van der Waals surface area (Å²) in [5.74, 6) is 0.682. The third-order valence-corrected chi connectivity index (χ3v) is 4.74. The van der Waals surface area contributed by atoms with Crippen molar-refractivity contribution in [2.75, 3.05) is 5.32 Å². The minimum atomic E-state index is 0.343. The molecule has 4 rings (SSSR count). The molecular weight excluding hydrogens is 300 g/mol. The third kappa shape index (κ3) is 2.85. The van der Waals surface area contributed by atoms with Gasteiger partial charge in [0.2, 0.25) is 5.95 Å². The fourth-order valence-corrected chi connectivity index (χ4v) is 3.32. The van der Waals surface area contributed by atoms with E-state index in [1.54, 1.807) is 0 Å². The maximum atomic E-state index is 5.98. The highest BCUT2D eigenvalue weighted by Gasteiger charge is 2.19. The van der Waals surface area contributed by atoms with E-state index >= 15 is 0 Å². The van der Waals surface area contributed by atoms with Gasteiger partial charge in [0.05, 0.1) is 17.6 Å². The van der Waals surface area contributed by atoms with Gasteiger partial charge in [0.15, 0.2) is 0 Å². The van der Waals surface area contributed by atoms with Crippen LogP contribution in [0, 0.1) is 6.92 Å². The van der Waals surface area contributed by atoms with E-state index < -0.39 is 0 Å². The van der Waals surface area contributed by atoms with Crippen LogP contribution >= 0.6 is 0 Å². The number of rotatable bonds is 3. The molecule has 0 amide bonds. The maximum Gasteiger partial charge on any atom is 0.223 e. The van der Waals surface area contributed by atoms with Crippen molar-refractivity contribution >= 4 is 11.6 Å². The Hall–Kier alpha value is -2.47. The molecule has 24 heavy (non-hydrogen) atoms. The molecule has 0 spiro atoms. The van der Waals surface area contributed by atoms with Gasteiger partial charge in [-0.2, -0.15) is 0 Å². The number of nitrogens with one attached hydrogen (secondary N) is 1. The number of aromatic nitrogens is 4. The topological polar surface area (TPSA) is 81.1 Å². The minimum absolute atomic E-state index is 0.343. The number of imidazole rings is 1. The number of nitrogens with zero attached hydrogens (tertiary/aromatic N) is 4. The van der Waals surface area contributed by atoms with Gasteiger partial charge in [0, 0.05) is 24.5 Å².